The third kappa shape index (κ3) is 3.07. The highest BCUT2D eigenvalue weighted by molar-refractivity contribution is 5.91. The van der Waals surface area contributed by atoms with E-state index in [9.17, 15) is 4.79 Å². The average Bonchev–Trinajstić information content (AvgIpc) is 3.12. The molecular formula is C16H19N3O. The summed E-state index contributed by atoms with van der Waals surface area (Å²) in [5.74, 6) is 0.713. The Kier molecular flexibility index (Phi) is 3.81. The fraction of sp³-hybridized carbons (Fsp3) is 0.375. The molecule has 1 aromatic carbocycles. The number of hydrogen-bond donors (Lipinski definition) is 2. The minimum Gasteiger partial charge on any atom is -0.326 e. The number of nitrogens with one attached hydrogen (secondary N) is 2. The lowest BCUT2D eigenvalue weighted by Gasteiger charge is -2.10. The van der Waals surface area contributed by atoms with Crippen LogP contribution in [-0.4, -0.2) is 16.1 Å². The van der Waals surface area contributed by atoms with Gasteiger partial charge in [-0.1, -0.05) is 25.0 Å². The molecule has 1 heterocycles. The van der Waals surface area contributed by atoms with Crippen LogP contribution in [0.3, 0.4) is 0 Å². The van der Waals surface area contributed by atoms with E-state index < -0.39 is 0 Å². The Morgan fingerprint density at radius 2 is 1.95 bits per heavy atom. The Morgan fingerprint density at radius 3 is 2.60 bits per heavy atom. The summed E-state index contributed by atoms with van der Waals surface area (Å²) < 4.78 is 0. The quantitative estimate of drug-likeness (QED) is 0.891. The molecule has 0 bridgehead atoms. The lowest BCUT2D eigenvalue weighted by atomic mass is 10.0. The zero-order valence-electron chi connectivity index (χ0n) is 11.4. The van der Waals surface area contributed by atoms with Gasteiger partial charge in [-0.25, -0.2) is 0 Å². The van der Waals surface area contributed by atoms with Crippen LogP contribution < -0.4 is 5.32 Å². The number of hydrogen-bond acceptors (Lipinski definition) is 2. The zero-order valence-corrected chi connectivity index (χ0v) is 11.4. The van der Waals surface area contributed by atoms with Crippen molar-refractivity contribution in [2.24, 2.45) is 5.92 Å². The van der Waals surface area contributed by atoms with Crippen molar-refractivity contribution in [3.8, 4) is 11.3 Å². The second-order valence-corrected chi connectivity index (χ2v) is 5.45. The highest BCUT2D eigenvalue weighted by Crippen LogP contribution is 2.28. The van der Waals surface area contributed by atoms with Gasteiger partial charge in [0, 0.05) is 18.3 Å². The summed E-state index contributed by atoms with van der Waals surface area (Å²) in [5, 5.41) is 9.83. The maximum atomic E-state index is 12.0. The molecule has 0 unspecified atom stereocenters. The summed E-state index contributed by atoms with van der Waals surface area (Å²) in [6, 6.07) is 9.76. The van der Waals surface area contributed by atoms with Gasteiger partial charge in [-0.2, -0.15) is 5.10 Å². The zero-order chi connectivity index (χ0) is 13.8. The van der Waals surface area contributed by atoms with Crippen molar-refractivity contribution < 1.29 is 4.79 Å². The van der Waals surface area contributed by atoms with Crippen molar-refractivity contribution >= 4 is 11.6 Å². The summed E-state index contributed by atoms with van der Waals surface area (Å²) >= 11 is 0. The van der Waals surface area contributed by atoms with Gasteiger partial charge in [-0.05, 0) is 42.5 Å². The van der Waals surface area contributed by atoms with Crippen LogP contribution >= 0.6 is 0 Å². The van der Waals surface area contributed by atoms with E-state index >= 15 is 0 Å². The fourth-order valence-corrected chi connectivity index (χ4v) is 2.84. The minimum atomic E-state index is 0.131. The van der Waals surface area contributed by atoms with Gasteiger partial charge >= 0.3 is 0 Å². The van der Waals surface area contributed by atoms with E-state index in [1.165, 1.54) is 25.7 Å². The molecule has 1 aliphatic rings. The predicted molar refractivity (Wildman–Crippen MR) is 79.2 cm³/mol. The van der Waals surface area contributed by atoms with Crippen LogP contribution in [0.5, 0.6) is 0 Å². The second kappa shape index (κ2) is 5.90. The minimum absolute atomic E-state index is 0.131. The van der Waals surface area contributed by atoms with E-state index in [-0.39, 0.29) is 5.91 Å². The maximum Gasteiger partial charge on any atom is 0.224 e. The van der Waals surface area contributed by atoms with Crippen molar-refractivity contribution in [1.82, 2.24) is 10.2 Å². The van der Waals surface area contributed by atoms with Crippen molar-refractivity contribution in [3.63, 3.8) is 0 Å². The van der Waals surface area contributed by atoms with Gasteiger partial charge in [-0.15, -0.1) is 0 Å². The first-order valence-electron chi connectivity index (χ1n) is 7.21. The maximum absolute atomic E-state index is 12.0. The molecule has 0 atom stereocenters. The highest BCUT2D eigenvalue weighted by atomic mass is 16.1. The molecule has 1 fully saturated rings. The standard InChI is InChI=1S/C16H19N3O/c20-16(11-12-3-1-2-4-12)18-14-7-5-13(6-8-14)15-9-10-17-19-15/h5-10,12H,1-4,11H2,(H,17,19)(H,18,20). The van der Waals surface area contributed by atoms with E-state index in [2.05, 4.69) is 15.5 Å². The molecule has 1 amide bonds. The molecule has 4 heteroatoms. The molecule has 104 valence electrons. The topological polar surface area (TPSA) is 57.8 Å². The molecule has 20 heavy (non-hydrogen) atoms. The average molecular weight is 269 g/mol. The first-order valence-corrected chi connectivity index (χ1v) is 7.21. The van der Waals surface area contributed by atoms with Gasteiger partial charge in [0.15, 0.2) is 0 Å². The first kappa shape index (κ1) is 12.9. The van der Waals surface area contributed by atoms with Crippen LogP contribution in [0.2, 0.25) is 0 Å². The fourth-order valence-electron chi connectivity index (χ4n) is 2.84. The van der Waals surface area contributed by atoms with Crippen LogP contribution in [0.4, 0.5) is 5.69 Å². The van der Waals surface area contributed by atoms with Crippen molar-refractivity contribution in [1.29, 1.82) is 0 Å². The van der Waals surface area contributed by atoms with E-state index in [1.54, 1.807) is 6.20 Å². The summed E-state index contributed by atoms with van der Waals surface area (Å²) in [6.45, 7) is 0. The van der Waals surface area contributed by atoms with Gasteiger partial charge in [0.25, 0.3) is 0 Å². The van der Waals surface area contributed by atoms with Crippen LogP contribution in [0, 0.1) is 5.92 Å². The lowest BCUT2D eigenvalue weighted by Crippen LogP contribution is -2.14. The smallest absolute Gasteiger partial charge is 0.224 e. The Hall–Kier alpha value is -2.10. The molecule has 0 aliphatic heterocycles. The molecule has 4 nitrogen and oxygen atoms in total. The van der Waals surface area contributed by atoms with Crippen molar-refractivity contribution in [2.75, 3.05) is 5.32 Å². The van der Waals surface area contributed by atoms with Crippen LogP contribution in [-0.2, 0) is 4.79 Å². The Morgan fingerprint density at radius 1 is 1.20 bits per heavy atom. The normalized spacial score (nSPS) is 15.4. The molecule has 2 aromatic rings. The largest absolute Gasteiger partial charge is 0.326 e. The SMILES string of the molecule is O=C(CC1CCCC1)Nc1ccc(-c2ccn[nH]2)cc1. The second-order valence-electron chi connectivity index (χ2n) is 5.45. The monoisotopic (exact) mass is 269 g/mol. The number of aromatic amines is 1. The summed E-state index contributed by atoms with van der Waals surface area (Å²) in [6.07, 6.45) is 7.33. The van der Waals surface area contributed by atoms with Gasteiger partial charge in [0.05, 0.1) is 5.69 Å². The lowest BCUT2D eigenvalue weighted by molar-refractivity contribution is -0.117. The van der Waals surface area contributed by atoms with Gasteiger partial charge < -0.3 is 5.32 Å². The van der Waals surface area contributed by atoms with Gasteiger partial charge in [0.2, 0.25) is 5.91 Å². The van der Waals surface area contributed by atoms with Crippen LogP contribution in [0.15, 0.2) is 36.5 Å². The number of carbonyl (C=O) groups excluding carboxylic acids is 1. The van der Waals surface area contributed by atoms with E-state index in [0.717, 1.165) is 16.9 Å². The number of H-pyrrole nitrogens is 1. The molecule has 1 aliphatic carbocycles. The van der Waals surface area contributed by atoms with Crippen molar-refractivity contribution in [3.05, 3.63) is 36.5 Å². The van der Waals surface area contributed by atoms with Gasteiger partial charge in [0.1, 0.15) is 0 Å². The molecule has 3 rings (SSSR count). The van der Waals surface area contributed by atoms with Crippen LogP contribution in [0.25, 0.3) is 11.3 Å². The number of benzene rings is 1. The summed E-state index contributed by atoms with van der Waals surface area (Å²) in [4.78, 5) is 12.0. The molecule has 0 radical (unpaired) electrons. The predicted octanol–water partition coefficient (Wildman–Crippen LogP) is 3.60. The number of carbonyl (C=O) groups is 1. The van der Waals surface area contributed by atoms with Crippen LogP contribution in [0.1, 0.15) is 32.1 Å². The summed E-state index contributed by atoms with van der Waals surface area (Å²) in [5.41, 5.74) is 2.90. The van der Waals surface area contributed by atoms with E-state index in [1.807, 2.05) is 30.3 Å². The number of aromatic nitrogens is 2. The summed E-state index contributed by atoms with van der Waals surface area (Å²) in [7, 11) is 0. The highest BCUT2D eigenvalue weighted by Gasteiger charge is 2.18. The Bertz CT molecular complexity index is 554. The molecule has 0 spiro atoms. The first-order chi connectivity index (χ1) is 9.81. The molecular weight excluding hydrogens is 250 g/mol. The molecule has 1 aromatic heterocycles. The van der Waals surface area contributed by atoms with Crippen molar-refractivity contribution in [2.45, 2.75) is 32.1 Å². The Labute approximate surface area is 118 Å². The number of nitrogens with zero attached hydrogens (tertiary/aromatic N) is 1. The van der Waals surface area contributed by atoms with E-state index in [0.29, 0.717) is 12.3 Å². The van der Waals surface area contributed by atoms with E-state index in [4.69, 9.17) is 0 Å². The molecule has 2 N–H and O–H groups in total. The number of rotatable bonds is 4. The Balaban J connectivity index is 1.59. The third-order valence-electron chi connectivity index (χ3n) is 3.93. The third-order valence-corrected chi connectivity index (χ3v) is 3.93. The van der Waals surface area contributed by atoms with Gasteiger partial charge in [-0.3, -0.25) is 9.89 Å². The molecule has 0 saturated heterocycles. The number of anilines is 1. The number of amides is 1. The molecule has 1 saturated carbocycles.